The quantitative estimate of drug-likeness (QED) is 0.251. The van der Waals surface area contributed by atoms with Crippen molar-refractivity contribution in [3.05, 3.63) is 53.8 Å². The minimum Gasteiger partial charge on any atom is -0.435 e. The number of aromatic nitrogens is 3. The van der Waals surface area contributed by atoms with Gasteiger partial charge in [-0.1, -0.05) is 11.8 Å². The number of hydrogen-bond donors (Lipinski definition) is 2. The highest BCUT2D eigenvalue weighted by Gasteiger charge is 2.17. The lowest BCUT2D eigenvalue weighted by molar-refractivity contribution is -0.113. The van der Waals surface area contributed by atoms with Crippen molar-refractivity contribution in [3.8, 4) is 17.1 Å². The minimum atomic E-state index is -2.96. The smallest absolute Gasteiger partial charge is 0.387 e. The molecule has 158 valence electrons. The predicted octanol–water partition coefficient (Wildman–Crippen LogP) is 3.41. The summed E-state index contributed by atoms with van der Waals surface area (Å²) in [6.45, 7) is -2.96. The molecule has 3 aromatic rings. The summed E-state index contributed by atoms with van der Waals surface area (Å²) in [7, 11) is 0. The van der Waals surface area contributed by atoms with Crippen LogP contribution in [0.1, 0.15) is 0 Å². The van der Waals surface area contributed by atoms with Crippen LogP contribution in [-0.2, 0) is 4.79 Å². The highest BCUT2D eigenvalue weighted by Crippen LogP contribution is 2.25. The monoisotopic (exact) mass is 445 g/mol. The number of alkyl halides is 2. The Bertz CT molecular complexity index is 1060. The molecule has 30 heavy (non-hydrogen) atoms. The Hall–Kier alpha value is -3.35. The summed E-state index contributed by atoms with van der Waals surface area (Å²) in [6.07, 6.45) is 0. The zero-order chi connectivity index (χ0) is 21.8. The van der Waals surface area contributed by atoms with Crippen LogP contribution in [0.3, 0.4) is 0 Å². The van der Waals surface area contributed by atoms with Crippen LogP contribution in [0.5, 0.6) is 5.75 Å². The van der Waals surface area contributed by atoms with E-state index in [1.807, 2.05) is 0 Å². The molecule has 0 spiro atoms. The third-order valence-corrected chi connectivity index (χ3v) is 4.59. The second kappa shape index (κ2) is 8.98. The van der Waals surface area contributed by atoms with Gasteiger partial charge in [-0.15, -0.1) is 10.2 Å². The SMILES string of the molecule is Nn1c(SCC(=O)Nc2ccc(F)c(F)c2F)nnc1-c1ccc(OC(F)F)cc1. The van der Waals surface area contributed by atoms with E-state index in [2.05, 4.69) is 20.3 Å². The zero-order valence-corrected chi connectivity index (χ0v) is 15.6. The van der Waals surface area contributed by atoms with Crippen LogP contribution in [0.2, 0.25) is 0 Å². The van der Waals surface area contributed by atoms with Gasteiger partial charge in [-0.05, 0) is 36.4 Å². The second-order valence-electron chi connectivity index (χ2n) is 5.64. The first-order valence-corrected chi connectivity index (χ1v) is 9.06. The number of rotatable bonds is 7. The van der Waals surface area contributed by atoms with Crippen LogP contribution in [0.15, 0.2) is 41.6 Å². The van der Waals surface area contributed by atoms with Crippen molar-refractivity contribution in [2.75, 3.05) is 16.9 Å². The van der Waals surface area contributed by atoms with Crippen LogP contribution >= 0.6 is 11.8 Å². The number of carbonyl (C=O) groups is 1. The van der Waals surface area contributed by atoms with Gasteiger partial charge in [-0.3, -0.25) is 4.79 Å². The fraction of sp³-hybridized carbons (Fsp3) is 0.118. The maximum absolute atomic E-state index is 13.6. The summed E-state index contributed by atoms with van der Waals surface area (Å²) in [5, 5.41) is 9.93. The molecule has 13 heteroatoms. The molecule has 1 heterocycles. The van der Waals surface area contributed by atoms with Gasteiger partial charge in [0.1, 0.15) is 5.75 Å². The summed E-state index contributed by atoms with van der Waals surface area (Å²) in [6, 6.07) is 7.05. The Morgan fingerprint density at radius 3 is 2.47 bits per heavy atom. The number of ether oxygens (including phenoxy) is 1. The van der Waals surface area contributed by atoms with Gasteiger partial charge in [0.2, 0.25) is 11.1 Å². The first-order chi connectivity index (χ1) is 14.3. The first-order valence-electron chi connectivity index (χ1n) is 8.08. The van der Waals surface area contributed by atoms with Crippen LogP contribution in [0.25, 0.3) is 11.4 Å². The average Bonchev–Trinajstić information content (AvgIpc) is 3.07. The molecule has 3 N–H and O–H groups in total. The predicted molar refractivity (Wildman–Crippen MR) is 97.9 cm³/mol. The van der Waals surface area contributed by atoms with Crippen molar-refractivity contribution in [3.63, 3.8) is 0 Å². The van der Waals surface area contributed by atoms with Crippen molar-refractivity contribution < 1.29 is 31.5 Å². The number of nitrogens with two attached hydrogens (primary N) is 1. The summed E-state index contributed by atoms with van der Waals surface area (Å²) >= 11 is 0.853. The van der Waals surface area contributed by atoms with E-state index in [4.69, 9.17) is 5.84 Å². The number of hydrogen-bond acceptors (Lipinski definition) is 6. The third kappa shape index (κ3) is 4.79. The molecule has 1 aromatic heterocycles. The van der Waals surface area contributed by atoms with Gasteiger partial charge in [0.25, 0.3) is 0 Å². The van der Waals surface area contributed by atoms with Gasteiger partial charge in [-0.25, -0.2) is 17.8 Å². The summed E-state index contributed by atoms with van der Waals surface area (Å²) in [4.78, 5) is 12.0. The lowest BCUT2D eigenvalue weighted by Crippen LogP contribution is -2.17. The number of nitrogens with one attached hydrogen (secondary N) is 1. The normalized spacial score (nSPS) is 11.0. The van der Waals surface area contributed by atoms with Crippen molar-refractivity contribution in [2.45, 2.75) is 11.8 Å². The lowest BCUT2D eigenvalue weighted by Gasteiger charge is -2.08. The average molecular weight is 445 g/mol. The van der Waals surface area contributed by atoms with Gasteiger partial charge >= 0.3 is 6.61 Å². The standard InChI is InChI=1S/C17H12F5N5O2S/c18-10-5-6-11(14(20)13(10)19)24-12(28)7-30-17-26-25-15(27(17)23)8-1-3-9(4-2-8)29-16(21)22/h1-6,16H,7,23H2,(H,24,28). The highest BCUT2D eigenvalue weighted by molar-refractivity contribution is 7.99. The lowest BCUT2D eigenvalue weighted by atomic mass is 10.2. The van der Waals surface area contributed by atoms with E-state index in [0.717, 1.165) is 22.5 Å². The summed E-state index contributed by atoms with van der Waals surface area (Å²) in [5.41, 5.74) is -0.0627. The van der Waals surface area contributed by atoms with Gasteiger partial charge in [0.05, 0.1) is 11.4 Å². The molecular formula is C17H12F5N5O2S. The topological polar surface area (TPSA) is 95.1 Å². The molecule has 7 nitrogen and oxygen atoms in total. The molecule has 1 amide bonds. The molecule has 0 aliphatic rings. The molecule has 3 rings (SSSR count). The molecule has 0 radical (unpaired) electrons. The molecule has 0 bridgehead atoms. The molecule has 0 atom stereocenters. The molecule has 2 aromatic carbocycles. The largest absolute Gasteiger partial charge is 0.435 e. The summed E-state index contributed by atoms with van der Waals surface area (Å²) in [5.74, 6) is 0.436. The van der Waals surface area contributed by atoms with Gasteiger partial charge in [-0.2, -0.15) is 8.78 Å². The van der Waals surface area contributed by atoms with Crippen molar-refractivity contribution in [1.82, 2.24) is 14.9 Å². The van der Waals surface area contributed by atoms with Crippen LogP contribution in [0.4, 0.5) is 27.6 Å². The molecule has 0 saturated carbocycles. The number of anilines is 1. The Kier molecular flexibility index (Phi) is 6.40. The highest BCUT2D eigenvalue weighted by atomic mass is 32.2. The molecule has 0 aliphatic carbocycles. The Morgan fingerprint density at radius 2 is 1.80 bits per heavy atom. The molecule has 0 aliphatic heterocycles. The number of amides is 1. The molecule has 0 unspecified atom stereocenters. The van der Waals surface area contributed by atoms with E-state index in [-0.39, 0.29) is 22.5 Å². The van der Waals surface area contributed by atoms with E-state index < -0.39 is 35.7 Å². The zero-order valence-electron chi connectivity index (χ0n) is 14.8. The van der Waals surface area contributed by atoms with Crippen LogP contribution < -0.4 is 15.9 Å². The van der Waals surface area contributed by atoms with E-state index in [9.17, 15) is 26.7 Å². The van der Waals surface area contributed by atoms with Gasteiger partial charge in [0, 0.05) is 5.56 Å². The van der Waals surface area contributed by atoms with Crippen LogP contribution in [-0.4, -0.2) is 33.1 Å². The molecule has 0 fully saturated rings. The maximum Gasteiger partial charge on any atom is 0.387 e. The number of benzene rings is 2. The third-order valence-electron chi connectivity index (χ3n) is 3.64. The fourth-order valence-electron chi connectivity index (χ4n) is 2.30. The Labute approximate surface area is 170 Å². The van der Waals surface area contributed by atoms with E-state index >= 15 is 0 Å². The maximum atomic E-state index is 13.6. The summed E-state index contributed by atoms with van der Waals surface area (Å²) < 4.78 is 69.5. The fourth-order valence-corrected chi connectivity index (χ4v) is 2.95. The Balaban J connectivity index is 1.64. The molecule has 0 saturated heterocycles. The van der Waals surface area contributed by atoms with E-state index in [0.29, 0.717) is 11.6 Å². The van der Waals surface area contributed by atoms with E-state index in [1.165, 1.54) is 24.3 Å². The van der Waals surface area contributed by atoms with Crippen molar-refractivity contribution in [1.29, 1.82) is 0 Å². The number of thioether (sulfide) groups is 1. The number of carbonyl (C=O) groups excluding carboxylic acids is 1. The Morgan fingerprint density at radius 1 is 1.10 bits per heavy atom. The van der Waals surface area contributed by atoms with Gasteiger partial charge < -0.3 is 15.9 Å². The molecular weight excluding hydrogens is 433 g/mol. The van der Waals surface area contributed by atoms with Crippen molar-refractivity contribution >= 4 is 23.4 Å². The first kappa shape index (κ1) is 21.4. The van der Waals surface area contributed by atoms with Crippen LogP contribution in [0, 0.1) is 17.5 Å². The van der Waals surface area contributed by atoms with Crippen molar-refractivity contribution in [2.24, 2.45) is 0 Å². The van der Waals surface area contributed by atoms with E-state index in [1.54, 1.807) is 0 Å². The second-order valence-corrected chi connectivity index (χ2v) is 6.58. The minimum absolute atomic E-state index is 0.0485. The number of nitrogens with zero attached hydrogens (tertiary/aromatic N) is 3. The number of halogens is 5. The number of nitrogen functional groups attached to an aromatic ring is 1. The van der Waals surface area contributed by atoms with Gasteiger partial charge in [0.15, 0.2) is 23.3 Å².